The Balaban J connectivity index is 2.49. The largest absolute Gasteiger partial charge is 0.579 e. The Labute approximate surface area is 97.8 Å². The Morgan fingerprint density at radius 1 is 1.33 bits per heavy atom. The van der Waals surface area contributed by atoms with Crippen LogP contribution in [0.5, 0.6) is 0 Å². The summed E-state index contributed by atoms with van der Waals surface area (Å²) >= 11 is 0. The zero-order valence-corrected chi connectivity index (χ0v) is 13.5. The van der Waals surface area contributed by atoms with E-state index >= 15 is 0 Å². The van der Waals surface area contributed by atoms with E-state index in [1.54, 1.807) is 0 Å². The maximum Gasteiger partial charge on any atom is 0.487 e. The van der Waals surface area contributed by atoms with Gasteiger partial charge in [-0.2, -0.15) is 0 Å². The molecule has 4 nitrogen and oxygen atoms in total. The van der Waals surface area contributed by atoms with Gasteiger partial charge in [-0.1, -0.05) is 6.42 Å². The van der Waals surface area contributed by atoms with Crippen LogP contribution < -0.4 is 0 Å². The number of hydrogen-bond donors (Lipinski definition) is 0. The first-order valence-electron chi connectivity index (χ1n) is 5.12. The molecule has 0 spiro atoms. The van der Waals surface area contributed by atoms with Crippen molar-refractivity contribution in [2.45, 2.75) is 38.5 Å². The molecule has 0 unspecified atom stereocenters. The molecule has 1 heterocycles. The summed E-state index contributed by atoms with van der Waals surface area (Å²) in [4.78, 5) is 0. The zero-order valence-electron chi connectivity index (χ0n) is 9.46. The van der Waals surface area contributed by atoms with Crippen LogP contribution in [0.15, 0.2) is 0 Å². The second-order valence-corrected chi connectivity index (χ2v) is 13.2. The quantitative estimate of drug-likeness (QED) is 0.624. The fraction of sp³-hybridized carbons (Fsp3) is 1.00. The first kappa shape index (κ1) is 13.5. The summed E-state index contributed by atoms with van der Waals surface area (Å²) in [6, 6.07) is 1.05. The van der Waals surface area contributed by atoms with Crippen LogP contribution in [0.3, 0.4) is 0 Å². The topological polar surface area (TPSA) is 44.8 Å². The molecule has 8 heteroatoms. The van der Waals surface area contributed by atoms with E-state index in [9.17, 15) is 4.46 Å². The molecule has 0 saturated carbocycles. The fourth-order valence-electron chi connectivity index (χ4n) is 1.22. The van der Waals surface area contributed by atoms with Gasteiger partial charge in [0.2, 0.25) is 0 Å². The van der Waals surface area contributed by atoms with Gasteiger partial charge in [-0.3, -0.25) is 0 Å². The lowest BCUT2D eigenvalue weighted by molar-refractivity contribution is 0.248. The Morgan fingerprint density at radius 3 is 2.80 bits per heavy atom. The van der Waals surface area contributed by atoms with Crippen molar-refractivity contribution in [1.82, 2.24) is 0 Å². The predicted octanol–water partition coefficient (Wildman–Crippen LogP) is 1.19. The minimum atomic E-state index is -2.04. The van der Waals surface area contributed by atoms with E-state index in [-0.39, 0.29) is 9.28 Å². The van der Waals surface area contributed by atoms with Crippen LogP contribution in [0.1, 0.15) is 12.8 Å². The van der Waals surface area contributed by atoms with Gasteiger partial charge in [0, 0.05) is 6.61 Å². The first-order valence-corrected chi connectivity index (χ1v) is 13.3. The van der Waals surface area contributed by atoms with Crippen LogP contribution in [0.4, 0.5) is 0 Å². The number of rotatable bonds is 0. The van der Waals surface area contributed by atoms with Gasteiger partial charge in [0.05, 0.1) is 0 Å². The average molecular weight is 278 g/mol. The maximum atomic E-state index is 11.6. The molecular formula is C7H17O4Si4. The molecule has 1 aliphatic rings. The molecule has 0 atom stereocenters. The normalized spacial score (nSPS) is 25.4. The highest BCUT2D eigenvalue weighted by Crippen LogP contribution is 2.10. The molecule has 0 N–H and O–H groups in total. The summed E-state index contributed by atoms with van der Waals surface area (Å²) in [6.07, 6.45) is 2.16. The minimum absolute atomic E-state index is 0.0229. The Morgan fingerprint density at radius 2 is 2.07 bits per heavy atom. The van der Waals surface area contributed by atoms with Crippen molar-refractivity contribution in [3.8, 4) is 0 Å². The SMILES string of the molecule is C[Si]1CCCCO[Si](C)(C)O[Si][Si](=O)O1. The van der Waals surface area contributed by atoms with Crippen LogP contribution in [0.2, 0.25) is 25.7 Å². The molecule has 0 aromatic carbocycles. The van der Waals surface area contributed by atoms with Gasteiger partial charge in [0.25, 0.3) is 9.04 Å². The lowest BCUT2D eigenvalue weighted by atomic mass is 10.4. The van der Waals surface area contributed by atoms with Crippen molar-refractivity contribution in [2.24, 2.45) is 0 Å². The summed E-state index contributed by atoms with van der Waals surface area (Å²) in [5, 5.41) is 0. The summed E-state index contributed by atoms with van der Waals surface area (Å²) in [5.41, 5.74) is 0. The van der Waals surface area contributed by atoms with E-state index in [1.807, 2.05) is 13.1 Å². The molecule has 1 rings (SSSR count). The van der Waals surface area contributed by atoms with Gasteiger partial charge in [0.1, 0.15) is 0 Å². The highest BCUT2D eigenvalue weighted by molar-refractivity contribution is 7.02. The second kappa shape index (κ2) is 6.20. The smallest absolute Gasteiger partial charge is 0.487 e. The Bertz CT molecular complexity index is 223. The molecule has 85 valence electrons. The Hall–Kier alpha value is 0.388. The number of hydrogen-bond acceptors (Lipinski definition) is 4. The van der Waals surface area contributed by atoms with Gasteiger partial charge in [-0.25, -0.2) is 0 Å². The van der Waals surface area contributed by atoms with Crippen molar-refractivity contribution in [2.75, 3.05) is 6.61 Å². The fourth-order valence-corrected chi connectivity index (χ4v) is 10.9. The van der Waals surface area contributed by atoms with Crippen molar-refractivity contribution in [3.63, 3.8) is 0 Å². The van der Waals surface area contributed by atoms with Crippen LogP contribution >= 0.6 is 0 Å². The molecule has 15 heavy (non-hydrogen) atoms. The van der Waals surface area contributed by atoms with E-state index in [0.29, 0.717) is 0 Å². The molecule has 0 bridgehead atoms. The van der Waals surface area contributed by atoms with Crippen LogP contribution in [0.25, 0.3) is 0 Å². The molecule has 1 fully saturated rings. The summed E-state index contributed by atoms with van der Waals surface area (Å²) < 4.78 is 28.3. The molecule has 0 aromatic rings. The third-order valence-electron chi connectivity index (χ3n) is 2.02. The molecular weight excluding hydrogens is 260 g/mol. The summed E-state index contributed by atoms with van der Waals surface area (Å²) in [7, 11) is -4.91. The molecule has 0 aliphatic carbocycles. The van der Waals surface area contributed by atoms with E-state index < -0.39 is 26.0 Å². The van der Waals surface area contributed by atoms with Crippen LogP contribution in [-0.2, 0) is 17.1 Å². The first-order chi connectivity index (χ1) is 6.99. The summed E-state index contributed by atoms with van der Waals surface area (Å²) in [6.45, 7) is 6.81. The van der Waals surface area contributed by atoms with Crippen molar-refractivity contribution in [3.05, 3.63) is 0 Å². The average Bonchev–Trinajstić information content (AvgIpc) is 2.15. The zero-order chi connectivity index (χ0) is 11.3. The van der Waals surface area contributed by atoms with Crippen molar-refractivity contribution >= 4 is 35.3 Å². The van der Waals surface area contributed by atoms with E-state index in [2.05, 4.69) is 6.55 Å². The van der Waals surface area contributed by atoms with Gasteiger partial charge in [-0.05, 0) is 32.1 Å². The molecule has 0 amide bonds. The van der Waals surface area contributed by atoms with E-state index in [1.165, 1.54) is 0 Å². The highest BCUT2D eigenvalue weighted by Gasteiger charge is 2.29. The second-order valence-electron chi connectivity index (χ2n) is 4.00. The van der Waals surface area contributed by atoms with Crippen molar-refractivity contribution < 1.29 is 17.1 Å². The van der Waals surface area contributed by atoms with E-state index in [4.69, 9.17) is 12.7 Å². The molecule has 1 saturated heterocycles. The molecule has 3 radical (unpaired) electrons. The summed E-state index contributed by atoms with van der Waals surface area (Å²) in [5.74, 6) is 0. The highest BCUT2D eigenvalue weighted by atomic mass is 29.2. The lowest BCUT2D eigenvalue weighted by Crippen LogP contribution is -2.40. The molecule has 0 aromatic heterocycles. The van der Waals surface area contributed by atoms with Crippen LogP contribution in [0, 0.1) is 0 Å². The standard InChI is InChI=1S/C7H17O4Si4/c1-13-7-5-4-6-9-15(2,3)10-12-14(8)11-13/h4-7H2,1-3H3. The third-order valence-corrected chi connectivity index (χ3v) is 11.0. The molecule has 1 aliphatic heterocycles. The van der Waals surface area contributed by atoms with Gasteiger partial charge >= 0.3 is 26.3 Å². The lowest BCUT2D eigenvalue weighted by Gasteiger charge is -2.21. The van der Waals surface area contributed by atoms with E-state index in [0.717, 1.165) is 25.5 Å². The van der Waals surface area contributed by atoms with Gasteiger partial charge < -0.3 is 17.1 Å². The monoisotopic (exact) mass is 277 g/mol. The van der Waals surface area contributed by atoms with Gasteiger partial charge in [-0.15, -0.1) is 0 Å². The minimum Gasteiger partial charge on any atom is -0.579 e. The van der Waals surface area contributed by atoms with Crippen LogP contribution in [-0.4, -0.2) is 41.9 Å². The van der Waals surface area contributed by atoms with Gasteiger partial charge in [0.15, 0.2) is 0 Å². The third kappa shape index (κ3) is 5.87. The maximum absolute atomic E-state index is 11.6. The predicted molar refractivity (Wildman–Crippen MR) is 63.5 cm³/mol. The Kier molecular flexibility index (Phi) is 5.56. The van der Waals surface area contributed by atoms with Crippen molar-refractivity contribution in [1.29, 1.82) is 0 Å².